The Morgan fingerprint density at radius 3 is 2.54 bits per heavy atom. The van der Waals surface area contributed by atoms with E-state index in [-0.39, 0.29) is 30.4 Å². The van der Waals surface area contributed by atoms with Crippen molar-refractivity contribution in [2.45, 2.75) is 38.3 Å². The minimum atomic E-state index is -0.771. The predicted octanol–water partition coefficient (Wildman–Crippen LogP) is 3.17. The molecule has 1 aliphatic rings. The van der Waals surface area contributed by atoms with Gasteiger partial charge in [-0.1, -0.05) is 24.3 Å². The molecule has 5 nitrogen and oxygen atoms in total. The molecule has 1 aromatic carbocycles. The van der Waals surface area contributed by atoms with E-state index in [9.17, 15) is 14.0 Å². The number of rotatable bonds is 6. The first-order chi connectivity index (χ1) is 11.5. The number of hydrogen-bond donors (Lipinski definition) is 2. The van der Waals surface area contributed by atoms with Gasteiger partial charge in [0.05, 0.1) is 12.5 Å². The Morgan fingerprint density at radius 1 is 1.29 bits per heavy atom. The van der Waals surface area contributed by atoms with Crippen molar-refractivity contribution in [3.8, 4) is 0 Å². The van der Waals surface area contributed by atoms with E-state index >= 15 is 0 Å². The number of nitrogens with one attached hydrogen (secondary N) is 1. The van der Waals surface area contributed by atoms with Crippen molar-refractivity contribution in [1.29, 1.82) is 0 Å². The first-order valence-corrected chi connectivity index (χ1v) is 8.13. The van der Waals surface area contributed by atoms with Crippen LogP contribution in [0.4, 0.5) is 9.18 Å². The van der Waals surface area contributed by atoms with Crippen molar-refractivity contribution in [3.63, 3.8) is 0 Å². The second-order valence-corrected chi connectivity index (χ2v) is 6.10. The topological polar surface area (TPSA) is 69.6 Å². The average molecular weight is 334 g/mol. The quantitative estimate of drug-likeness (QED) is 0.785. The highest BCUT2D eigenvalue weighted by molar-refractivity contribution is 5.75. The number of carboxylic acids is 1. The smallest absolute Gasteiger partial charge is 0.318 e. The summed E-state index contributed by atoms with van der Waals surface area (Å²) in [5.74, 6) is -1.44. The van der Waals surface area contributed by atoms with Crippen LogP contribution >= 0.6 is 0 Å². The average Bonchev–Trinajstić information content (AvgIpc) is 2.56. The molecule has 0 saturated heterocycles. The van der Waals surface area contributed by atoms with Crippen LogP contribution in [0.2, 0.25) is 0 Å². The summed E-state index contributed by atoms with van der Waals surface area (Å²) in [5.41, 5.74) is 0.448. The Morgan fingerprint density at radius 2 is 1.96 bits per heavy atom. The van der Waals surface area contributed by atoms with Crippen LogP contribution in [0.25, 0.3) is 0 Å². The van der Waals surface area contributed by atoms with E-state index in [0.717, 1.165) is 0 Å². The number of halogens is 1. The lowest BCUT2D eigenvalue weighted by Gasteiger charge is -2.30. The highest BCUT2D eigenvalue weighted by Crippen LogP contribution is 2.24. The summed E-state index contributed by atoms with van der Waals surface area (Å²) in [4.78, 5) is 24.9. The monoisotopic (exact) mass is 334 g/mol. The van der Waals surface area contributed by atoms with Crippen LogP contribution in [0.3, 0.4) is 0 Å². The van der Waals surface area contributed by atoms with Crippen LogP contribution in [0.15, 0.2) is 36.9 Å². The van der Waals surface area contributed by atoms with Crippen molar-refractivity contribution < 1.29 is 19.1 Å². The largest absolute Gasteiger partial charge is 0.481 e. The number of benzene rings is 1. The van der Waals surface area contributed by atoms with E-state index in [0.29, 0.717) is 37.8 Å². The van der Waals surface area contributed by atoms with Gasteiger partial charge in [0.2, 0.25) is 0 Å². The van der Waals surface area contributed by atoms with E-state index in [2.05, 4.69) is 11.9 Å². The second kappa shape index (κ2) is 8.47. The lowest BCUT2D eigenvalue weighted by molar-refractivity contribution is -0.142. The van der Waals surface area contributed by atoms with E-state index in [1.54, 1.807) is 24.3 Å². The normalized spacial score (nSPS) is 20.2. The summed E-state index contributed by atoms with van der Waals surface area (Å²) >= 11 is 0. The first kappa shape index (κ1) is 18.0. The molecule has 0 radical (unpaired) electrons. The van der Waals surface area contributed by atoms with Gasteiger partial charge < -0.3 is 15.3 Å². The maximum Gasteiger partial charge on any atom is 0.318 e. The molecule has 1 fully saturated rings. The molecule has 1 aromatic rings. The Labute approximate surface area is 141 Å². The van der Waals surface area contributed by atoms with Crippen molar-refractivity contribution in [2.24, 2.45) is 5.92 Å². The Kier molecular flexibility index (Phi) is 6.35. The van der Waals surface area contributed by atoms with Gasteiger partial charge in [0.1, 0.15) is 5.82 Å². The maximum absolute atomic E-state index is 13.8. The fraction of sp³-hybridized carbons (Fsp3) is 0.444. The van der Waals surface area contributed by atoms with Crippen molar-refractivity contribution in [3.05, 3.63) is 48.3 Å². The van der Waals surface area contributed by atoms with Gasteiger partial charge >= 0.3 is 12.0 Å². The van der Waals surface area contributed by atoms with E-state index in [1.165, 1.54) is 11.0 Å². The number of carbonyl (C=O) groups excluding carboxylic acids is 1. The highest BCUT2D eigenvalue weighted by Gasteiger charge is 2.27. The van der Waals surface area contributed by atoms with Gasteiger partial charge in [-0.15, -0.1) is 6.58 Å². The molecule has 0 unspecified atom stereocenters. The van der Waals surface area contributed by atoms with Gasteiger partial charge in [-0.3, -0.25) is 4.79 Å². The fourth-order valence-electron chi connectivity index (χ4n) is 2.96. The van der Waals surface area contributed by atoms with Crippen LogP contribution in [0.5, 0.6) is 0 Å². The molecule has 130 valence electrons. The summed E-state index contributed by atoms with van der Waals surface area (Å²) < 4.78 is 13.8. The third-order valence-electron chi connectivity index (χ3n) is 4.36. The molecule has 0 aliphatic heterocycles. The lowest BCUT2D eigenvalue weighted by Crippen LogP contribution is -2.46. The molecule has 0 atom stereocenters. The van der Waals surface area contributed by atoms with Gasteiger partial charge in [-0.05, 0) is 31.7 Å². The number of aliphatic carboxylic acids is 1. The number of urea groups is 1. The fourth-order valence-corrected chi connectivity index (χ4v) is 2.96. The molecule has 1 aliphatic carbocycles. The van der Waals surface area contributed by atoms with Crippen molar-refractivity contribution in [2.75, 3.05) is 6.54 Å². The van der Waals surface area contributed by atoms with Crippen LogP contribution in [0, 0.1) is 11.7 Å². The second-order valence-electron chi connectivity index (χ2n) is 6.10. The van der Waals surface area contributed by atoms with Gasteiger partial charge in [0.15, 0.2) is 0 Å². The Hall–Kier alpha value is -2.37. The molecule has 1 saturated carbocycles. The zero-order valence-electron chi connectivity index (χ0n) is 13.6. The third kappa shape index (κ3) is 4.81. The molecule has 2 amide bonds. The van der Waals surface area contributed by atoms with Gasteiger partial charge in [0, 0.05) is 18.2 Å². The van der Waals surface area contributed by atoms with E-state index < -0.39 is 5.97 Å². The van der Waals surface area contributed by atoms with Crippen molar-refractivity contribution in [1.82, 2.24) is 10.2 Å². The van der Waals surface area contributed by atoms with E-state index in [1.807, 2.05) is 0 Å². The minimum absolute atomic E-state index is 0.0407. The zero-order chi connectivity index (χ0) is 17.5. The molecular weight excluding hydrogens is 311 g/mol. The summed E-state index contributed by atoms with van der Waals surface area (Å²) in [6, 6.07) is 6.04. The van der Waals surface area contributed by atoms with Gasteiger partial charge in [-0.2, -0.15) is 0 Å². The van der Waals surface area contributed by atoms with Crippen LogP contribution < -0.4 is 5.32 Å². The molecule has 2 rings (SSSR count). The molecule has 0 heterocycles. The van der Waals surface area contributed by atoms with Crippen LogP contribution in [-0.4, -0.2) is 34.6 Å². The Balaban J connectivity index is 1.93. The van der Waals surface area contributed by atoms with Crippen LogP contribution in [-0.2, 0) is 11.3 Å². The lowest BCUT2D eigenvalue weighted by atomic mass is 9.86. The number of carboxylic acid groups (broad SMARTS) is 1. The molecule has 2 N–H and O–H groups in total. The van der Waals surface area contributed by atoms with Crippen LogP contribution in [0.1, 0.15) is 31.2 Å². The zero-order valence-corrected chi connectivity index (χ0v) is 13.6. The third-order valence-corrected chi connectivity index (χ3v) is 4.36. The SMILES string of the molecule is C=CCN(Cc1ccccc1F)C(=O)NC1CCC(C(=O)O)CC1. The first-order valence-electron chi connectivity index (χ1n) is 8.13. The molecular formula is C18H23FN2O3. The Bertz CT molecular complexity index is 598. The summed E-state index contributed by atoms with van der Waals surface area (Å²) in [7, 11) is 0. The molecule has 0 aromatic heterocycles. The van der Waals surface area contributed by atoms with E-state index in [4.69, 9.17) is 5.11 Å². The number of carbonyl (C=O) groups is 2. The predicted molar refractivity (Wildman–Crippen MR) is 88.9 cm³/mol. The van der Waals surface area contributed by atoms with Gasteiger partial charge in [-0.25, -0.2) is 9.18 Å². The summed E-state index contributed by atoms with van der Waals surface area (Å²) in [5, 5.41) is 11.9. The minimum Gasteiger partial charge on any atom is -0.481 e. The summed E-state index contributed by atoms with van der Waals surface area (Å²) in [6.45, 7) is 4.11. The molecule has 6 heteroatoms. The number of amides is 2. The molecule has 0 spiro atoms. The van der Waals surface area contributed by atoms with Crippen molar-refractivity contribution >= 4 is 12.0 Å². The highest BCUT2D eigenvalue weighted by atomic mass is 19.1. The molecule has 24 heavy (non-hydrogen) atoms. The number of hydrogen-bond acceptors (Lipinski definition) is 2. The van der Waals surface area contributed by atoms with Gasteiger partial charge in [0.25, 0.3) is 0 Å². The number of nitrogens with zero attached hydrogens (tertiary/aromatic N) is 1. The molecule has 0 bridgehead atoms. The maximum atomic E-state index is 13.8. The standard InChI is InChI=1S/C18H23FN2O3/c1-2-11-21(12-14-5-3-4-6-16(14)19)18(24)20-15-9-7-13(8-10-15)17(22)23/h2-6,13,15H,1,7-12H2,(H,20,24)(H,22,23). The summed E-state index contributed by atoms with van der Waals surface area (Å²) in [6.07, 6.45) is 4.01.